The van der Waals surface area contributed by atoms with E-state index in [9.17, 15) is 20.4 Å². The minimum absolute atomic E-state index is 0.246. The van der Waals surface area contributed by atoms with Crippen LogP contribution in [0.4, 0.5) is 0 Å². The van der Waals surface area contributed by atoms with Gasteiger partial charge in [-0.15, -0.1) is 0 Å². The fraction of sp³-hybridized carbons (Fsp3) is 1.00. The standard InChI is InChI=1S/C10H22O4/c1-7(11)10(4,14)6-5-8(12)9(2,3)13/h7-8,11-14H,5-6H2,1-4H3. The molecule has 0 aromatic heterocycles. The summed E-state index contributed by atoms with van der Waals surface area (Å²) in [5.74, 6) is 0. The third kappa shape index (κ3) is 4.37. The highest BCUT2D eigenvalue weighted by Crippen LogP contribution is 2.21. The molecular formula is C10H22O4. The van der Waals surface area contributed by atoms with E-state index in [4.69, 9.17) is 0 Å². The molecule has 14 heavy (non-hydrogen) atoms. The highest BCUT2D eigenvalue weighted by atomic mass is 16.3. The molecule has 0 rings (SSSR count). The van der Waals surface area contributed by atoms with Gasteiger partial charge >= 0.3 is 0 Å². The van der Waals surface area contributed by atoms with Gasteiger partial charge in [-0.05, 0) is 40.5 Å². The fourth-order valence-electron chi connectivity index (χ4n) is 0.991. The Morgan fingerprint density at radius 1 is 1.07 bits per heavy atom. The van der Waals surface area contributed by atoms with Crippen molar-refractivity contribution in [1.82, 2.24) is 0 Å². The van der Waals surface area contributed by atoms with E-state index < -0.39 is 23.4 Å². The second kappa shape index (κ2) is 4.57. The molecule has 3 unspecified atom stereocenters. The Morgan fingerprint density at radius 2 is 1.50 bits per heavy atom. The highest BCUT2D eigenvalue weighted by molar-refractivity contribution is 4.83. The van der Waals surface area contributed by atoms with Crippen LogP contribution in [-0.2, 0) is 0 Å². The van der Waals surface area contributed by atoms with Crippen molar-refractivity contribution in [3.63, 3.8) is 0 Å². The van der Waals surface area contributed by atoms with Crippen LogP contribution in [0.1, 0.15) is 40.5 Å². The van der Waals surface area contributed by atoms with E-state index in [0.29, 0.717) is 0 Å². The first-order chi connectivity index (χ1) is 6.07. The zero-order valence-electron chi connectivity index (χ0n) is 9.36. The van der Waals surface area contributed by atoms with Gasteiger partial charge in [0, 0.05) is 0 Å². The highest BCUT2D eigenvalue weighted by Gasteiger charge is 2.31. The summed E-state index contributed by atoms with van der Waals surface area (Å²) in [7, 11) is 0. The van der Waals surface area contributed by atoms with Crippen LogP contribution < -0.4 is 0 Å². The third-order valence-corrected chi connectivity index (χ3v) is 2.64. The summed E-state index contributed by atoms with van der Waals surface area (Å²) in [5, 5.41) is 37.8. The Bertz CT molecular complexity index is 169. The molecule has 0 heterocycles. The van der Waals surface area contributed by atoms with Crippen molar-refractivity contribution in [2.45, 2.75) is 63.9 Å². The van der Waals surface area contributed by atoms with Crippen molar-refractivity contribution in [3.8, 4) is 0 Å². The normalized spacial score (nSPS) is 21.4. The van der Waals surface area contributed by atoms with Crippen LogP contribution in [0, 0.1) is 0 Å². The summed E-state index contributed by atoms with van der Waals surface area (Å²) in [6, 6.07) is 0. The topological polar surface area (TPSA) is 80.9 Å². The minimum atomic E-state index is -1.22. The lowest BCUT2D eigenvalue weighted by Gasteiger charge is -2.30. The SMILES string of the molecule is CC(O)C(C)(O)CCC(O)C(C)(C)O. The molecule has 3 atom stereocenters. The Hall–Kier alpha value is -0.160. The molecule has 0 aromatic rings. The van der Waals surface area contributed by atoms with E-state index in [0.717, 1.165) is 0 Å². The molecule has 0 bridgehead atoms. The van der Waals surface area contributed by atoms with Crippen LogP contribution in [0.3, 0.4) is 0 Å². The van der Waals surface area contributed by atoms with Gasteiger partial charge in [0.1, 0.15) is 0 Å². The molecule has 0 aliphatic rings. The molecule has 4 heteroatoms. The van der Waals surface area contributed by atoms with Crippen LogP contribution in [0.15, 0.2) is 0 Å². The molecule has 0 spiro atoms. The van der Waals surface area contributed by atoms with E-state index >= 15 is 0 Å². The molecule has 86 valence electrons. The van der Waals surface area contributed by atoms with E-state index in [1.165, 1.54) is 27.7 Å². The van der Waals surface area contributed by atoms with Gasteiger partial charge in [-0.2, -0.15) is 0 Å². The molecule has 0 saturated heterocycles. The Kier molecular flexibility index (Phi) is 4.52. The zero-order valence-corrected chi connectivity index (χ0v) is 9.36. The van der Waals surface area contributed by atoms with Gasteiger partial charge in [-0.1, -0.05) is 0 Å². The average molecular weight is 206 g/mol. The quantitative estimate of drug-likeness (QED) is 0.511. The number of aliphatic hydroxyl groups is 4. The second-order valence-electron chi connectivity index (χ2n) is 4.74. The first kappa shape index (κ1) is 13.8. The van der Waals surface area contributed by atoms with Crippen molar-refractivity contribution in [2.24, 2.45) is 0 Å². The summed E-state index contributed by atoms with van der Waals surface area (Å²) >= 11 is 0. The van der Waals surface area contributed by atoms with Crippen molar-refractivity contribution < 1.29 is 20.4 Å². The molecule has 0 amide bonds. The van der Waals surface area contributed by atoms with E-state index in [1.807, 2.05) is 0 Å². The van der Waals surface area contributed by atoms with Crippen LogP contribution in [0.2, 0.25) is 0 Å². The van der Waals surface area contributed by atoms with Crippen molar-refractivity contribution in [2.75, 3.05) is 0 Å². The summed E-state index contributed by atoms with van der Waals surface area (Å²) in [6.45, 7) is 6.02. The van der Waals surface area contributed by atoms with Gasteiger partial charge in [0.05, 0.1) is 23.4 Å². The molecular weight excluding hydrogens is 184 g/mol. The van der Waals surface area contributed by atoms with Crippen LogP contribution in [0.5, 0.6) is 0 Å². The Balaban J connectivity index is 4.07. The van der Waals surface area contributed by atoms with Crippen molar-refractivity contribution in [1.29, 1.82) is 0 Å². The van der Waals surface area contributed by atoms with Gasteiger partial charge in [0.2, 0.25) is 0 Å². The first-order valence-corrected chi connectivity index (χ1v) is 4.88. The summed E-state index contributed by atoms with van der Waals surface area (Å²) < 4.78 is 0. The third-order valence-electron chi connectivity index (χ3n) is 2.64. The zero-order chi connectivity index (χ0) is 11.6. The van der Waals surface area contributed by atoms with Crippen LogP contribution in [-0.4, -0.2) is 43.8 Å². The van der Waals surface area contributed by atoms with Gasteiger partial charge in [0.15, 0.2) is 0 Å². The number of rotatable bonds is 5. The minimum Gasteiger partial charge on any atom is -0.390 e. The maximum Gasteiger partial charge on any atom is 0.0875 e. The molecule has 0 aliphatic heterocycles. The number of hydrogen-bond donors (Lipinski definition) is 4. The number of hydrogen-bond acceptors (Lipinski definition) is 4. The van der Waals surface area contributed by atoms with Crippen LogP contribution in [0.25, 0.3) is 0 Å². The lowest BCUT2D eigenvalue weighted by molar-refractivity contribution is -0.0879. The fourth-order valence-corrected chi connectivity index (χ4v) is 0.991. The van der Waals surface area contributed by atoms with Gasteiger partial charge in [-0.3, -0.25) is 0 Å². The van der Waals surface area contributed by atoms with E-state index in [1.54, 1.807) is 0 Å². The first-order valence-electron chi connectivity index (χ1n) is 4.88. The maximum atomic E-state index is 9.66. The summed E-state index contributed by atoms with van der Waals surface area (Å²) in [5.41, 5.74) is -2.39. The summed E-state index contributed by atoms with van der Waals surface area (Å²) in [4.78, 5) is 0. The van der Waals surface area contributed by atoms with E-state index in [2.05, 4.69) is 0 Å². The van der Waals surface area contributed by atoms with Gasteiger partial charge < -0.3 is 20.4 Å². The molecule has 0 radical (unpaired) electrons. The maximum absolute atomic E-state index is 9.66. The largest absolute Gasteiger partial charge is 0.390 e. The monoisotopic (exact) mass is 206 g/mol. The lowest BCUT2D eigenvalue weighted by atomic mass is 9.89. The summed E-state index contributed by atoms with van der Waals surface area (Å²) in [6.07, 6.45) is -1.25. The Morgan fingerprint density at radius 3 is 1.79 bits per heavy atom. The van der Waals surface area contributed by atoms with Crippen molar-refractivity contribution >= 4 is 0 Å². The van der Waals surface area contributed by atoms with Gasteiger partial charge in [0.25, 0.3) is 0 Å². The van der Waals surface area contributed by atoms with E-state index in [-0.39, 0.29) is 12.8 Å². The van der Waals surface area contributed by atoms with Crippen LogP contribution >= 0.6 is 0 Å². The molecule has 0 fully saturated rings. The molecule has 0 aliphatic carbocycles. The molecule has 4 nitrogen and oxygen atoms in total. The lowest BCUT2D eigenvalue weighted by Crippen LogP contribution is -2.41. The molecule has 0 aromatic carbocycles. The molecule has 0 saturated carbocycles. The average Bonchev–Trinajstić information content (AvgIpc) is 1.98. The number of aliphatic hydroxyl groups excluding tert-OH is 2. The predicted octanol–water partition coefficient (Wildman–Crippen LogP) is 0.0302. The van der Waals surface area contributed by atoms with Gasteiger partial charge in [-0.25, -0.2) is 0 Å². The Labute approximate surface area is 85.2 Å². The second-order valence-corrected chi connectivity index (χ2v) is 4.74. The molecule has 4 N–H and O–H groups in total. The smallest absolute Gasteiger partial charge is 0.0875 e. The predicted molar refractivity (Wildman–Crippen MR) is 53.8 cm³/mol. The van der Waals surface area contributed by atoms with Crippen molar-refractivity contribution in [3.05, 3.63) is 0 Å².